The van der Waals surface area contributed by atoms with Crippen molar-refractivity contribution in [3.05, 3.63) is 35.4 Å². The van der Waals surface area contributed by atoms with Gasteiger partial charge in [0.25, 0.3) is 10.1 Å². The second-order valence-electron chi connectivity index (χ2n) is 5.55. The number of carbonyl (C=O) groups is 1. The molecule has 1 aromatic carbocycles. The molecular formula is C14H18F3NO5S. The zero-order valence-electron chi connectivity index (χ0n) is 12.7. The SMILES string of the molecule is CS(=O)(=O)O.NC1(c2ccc(C(F)(F)F)cc2)CCCC(O)C1=O. The first-order chi connectivity index (χ1) is 10.7. The van der Waals surface area contributed by atoms with Crippen LogP contribution >= 0.6 is 0 Å². The zero-order valence-corrected chi connectivity index (χ0v) is 13.6. The van der Waals surface area contributed by atoms with Gasteiger partial charge >= 0.3 is 6.18 Å². The molecule has 2 rings (SSSR count). The predicted molar refractivity (Wildman–Crippen MR) is 79.6 cm³/mol. The average Bonchev–Trinajstić information content (AvgIpc) is 2.42. The number of aliphatic hydroxyl groups excluding tert-OH is 1. The van der Waals surface area contributed by atoms with Gasteiger partial charge in [-0.3, -0.25) is 9.35 Å². The van der Waals surface area contributed by atoms with Crippen LogP contribution in [0.2, 0.25) is 0 Å². The van der Waals surface area contributed by atoms with Crippen LogP contribution in [-0.2, 0) is 26.6 Å². The monoisotopic (exact) mass is 369 g/mol. The summed E-state index contributed by atoms with van der Waals surface area (Å²) in [6.45, 7) is 0. The van der Waals surface area contributed by atoms with Crippen LogP contribution in [0.1, 0.15) is 30.4 Å². The highest BCUT2D eigenvalue weighted by Gasteiger charge is 2.42. The van der Waals surface area contributed by atoms with E-state index in [1.54, 1.807) is 0 Å². The van der Waals surface area contributed by atoms with Crippen molar-refractivity contribution >= 4 is 15.9 Å². The Morgan fingerprint density at radius 2 is 1.71 bits per heavy atom. The summed E-state index contributed by atoms with van der Waals surface area (Å²) >= 11 is 0. The van der Waals surface area contributed by atoms with Crippen molar-refractivity contribution in [3.8, 4) is 0 Å². The quantitative estimate of drug-likeness (QED) is 0.646. The van der Waals surface area contributed by atoms with E-state index in [-0.39, 0.29) is 0 Å². The van der Waals surface area contributed by atoms with E-state index < -0.39 is 39.3 Å². The third-order valence-electron chi connectivity index (χ3n) is 3.52. The molecule has 0 radical (unpaired) electrons. The number of rotatable bonds is 1. The molecule has 0 bridgehead atoms. The Morgan fingerprint density at radius 1 is 1.25 bits per heavy atom. The summed E-state index contributed by atoms with van der Waals surface area (Å²) in [6.07, 6.45) is -3.61. The van der Waals surface area contributed by atoms with Gasteiger partial charge in [-0.1, -0.05) is 12.1 Å². The summed E-state index contributed by atoms with van der Waals surface area (Å²) in [5.41, 5.74) is 4.12. The Morgan fingerprint density at radius 3 is 2.12 bits per heavy atom. The van der Waals surface area contributed by atoms with E-state index in [9.17, 15) is 31.5 Å². The van der Waals surface area contributed by atoms with Gasteiger partial charge in [-0.2, -0.15) is 21.6 Å². The standard InChI is InChI=1S/C13H14F3NO2.CH4O3S/c14-13(15,16)9-5-3-8(4-6-9)12(17)7-1-2-10(18)11(12)19;1-5(2,3)4/h3-6,10,18H,1-2,7,17H2;1H3,(H,2,3,4). The van der Waals surface area contributed by atoms with E-state index in [4.69, 9.17) is 10.3 Å². The second kappa shape index (κ2) is 7.18. The number of alkyl halides is 3. The molecule has 4 N–H and O–H groups in total. The van der Waals surface area contributed by atoms with Crippen molar-refractivity contribution in [1.82, 2.24) is 0 Å². The number of hydrogen-bond donors (Lipinski definition) is 3. The van der Waals surface area contributed by atoms with Gasteiger partial charge in [-0.05, 0) is 37.0 Å². The Hall–Kier alpha value is -1.49. The van der Waals surface area contributed by atoms with Crippen molar-refractivity contribution in [2.75, 3.05) is 6.26 Å². The van der Waals surface area contributed by atoms with Crippen LogP contribution < -0.4 is 5.73 Å². The van der Waals surface area contributed by atoms with E-state index in [1.807, 2.05) is 0 Å². The van der Waals surface area contributed by atoms with Crippen LogP contribution in [0.25, 0.3) is 0 Å². The zero-order chi connectivity index (χ0) is 18.8. The number of nitrogens with two attached hydrogens (primary N) is 1. The van der Waals surface area contributed by atoms with Gasteiger partial charge in [0.05, 0.1) is 11.8 Å². The smallest absolute Gasteiger partial charge is 0.385 e. The topological polar surface area (TPSA) is 118 Å². The molecule has 1 aliphatic rings. The fourth-order valence-electron chi connectivity index (χ4n) is 2.37. The van der Waals surface area contributed by atoms with Gasteiger partial charge < -0.3 is 10.8 Å². The third-order valence-corrected chi connectivity index (χ3v) is 3.52. The van der Waals surface area contributed by atoms with Gasteiger partial charge in [0.15, 0.2) is 5.78 Å². The molecule has 1 saturated carbocycles. The highest BCUT2D eigenvalue weighted by atomic mass is 32.2. The van der Waals surface area contributed by atoms with Crippen LogP contribution in [0.3, 0.4) is 0 Å². The molecule has 6 nitrogen and oxygen atoms in total. The lowest BCUT2D eigenvalue weighted by Gasteiger charge is -2.34. The first-order valence-electron chi connectivity index (χ1n) is 6.86. The number of benzene rings is 1. The lowest BCUT2D eigenvalue weighted by molar-refractivity contribution is -0.137. The summed E-state index contributed by atoms with van der Waals surface area (Å²) in [5, 5.41) is 9.55. The molecule has 24 heavy (non-hydrogen) atoms. The van der Waals surface area contributed by atoms with Gasteiger partial charge in [0, 0.05) is 0 Å². The van der Waals surface area contributed by atoms with Crippen molar-refractivity contribution in [2.24, 2.45) is 5.73 Å². The minimum Gasteiger partial charge on any atom is -0.385 e. The van der Waals surface area contributed by atoms with Crippen molar-refractivity contribution < 1.29 is 36.0 Å². The van der Waals surface area contributed by atoms with E-state index >= 15 is 0 Å². The second-order valence-corrected chi connectivity index (χ2v) is 7.02. The maximum absolute atomic E-state index is 12.5. The number of Topliss-reactive ketones (excluding diaryl/α,β-unsaturated/α-hetero) is 1. The molecule has 1 aromatic rings. The summed E-state index contributed by atoms with van der Waals surface area (Å²) in [6, 6.07) is 4.22. The van der Waals surface area contributed by atoms with E-state index in [2.05, 4.69) is 0 Å². The van der Waals surface area contributed by atoms with E-state index in [0.717, 1.165) is 12.1 Å². The predicted octanol–water partition coefficient (Wildman–Crippen LogP) is 1.48. The molecular weight excluding hydrogens is 351 g/mol. The molecule has 0 saturated heterocycles. The van der Waals surface area contributed by atoms with Crippen LogP contribution in [0.15, 0.2) is 24.3 Å². The number of halogens is 3. The average molecular weight is 369 g/mol. The van der Waals surface area contributed by atoms with Crippen LogP contribution in [-0.4, -0.2) is 36.2 Å². The lowest BCUT2D eigenvalue weighted by atomic mass is 9.75. The molecule has 0 aliphatic heterocycles. The Balaban J connectivity index is 0.000000505. The molecule has 1 fully saturated rings. The van der Waals surface area contributed by atoms with Gasteiger partial charge in [0.2, 0.25) is 0 Å². The summed E-state index contributed by atoms with van der Waals surface area (Å²) in [7, 11) is -3.67. The molecule has 2 unspecified atom stereocenters. The largest absolute Gasteiger partial charge is 0.416 e. The van der Waals surface area contributed by atoms with Gasteiger partial charge in [-0.25, -0.2) is 0 Å². The molecule has 1 aliphatic carbocycles. The Kier molecular flexibility index (Phi) is 6.15. The maximum Gasteiger partial charge on any atom is 0.416 e. The molecule has 0 spiro atoms. The first-order valence-corrected chi connectivity index (χ1v) is 8.71. The maximum atomic E-state index is 12.5. The number of aliphatic hydroxyl groups is 1. The van der Waals surface area contributed by atoms with Gasteiger partial charge in [-0.15, -0.1) is 0 Å². The van der Waals surface area contributed by atoms with Crippen LogP contribution in [0.5, 0.6) is 0 Å². The molecule has 2 atom stereocenters. The van der Waals surface area contributed by atoms with E-state index in [1.165, 1.54) is 12.1 Å². The van der Waals surface area contributed by atoms with Crippen LogP contribution in [0, 0.1) is 0 Å². The fourth-order valence-corrected chi connectivity index (χ4v) is 2.37. The molecule has 10 heteroatoms. The Labute approximate surface area is 137 Å². The molecule has 0 amide bonds. The minimum atomic E-state index is -4.42. The third kappa shape index (κ3) is 5.55. The van der Waals surface area contributed by atoms with Gasteiger partial charge in [0.1, 0.15) is 11.6 Å². The highest BCUT2D eigenvalue weighted by Crippen LogP contribution is 2.35. The van der Waals surface area contributed by atoms with Crippen molar-refractivity contribution in [1.29, 1.82) is 0 Å². The minimum absolute atomic E-state index is 0.309. The number of ketones is 1. The fraction of sp³-hybridized carbons (Fsp3) is 0.500. The highest BCUT2D eigenvalue weighted by molar-refractivity contribution is 7.85. The molecule has 0 heterocycles. The van der Waals surface area contributed by atoms with E-state index in [0.29, 0.717) is 31.1 Å². The number of carbonyl (C=O) groups excluding carboxylic acids is 1. The summed E-state index contributed by atoms with van der Waals surface area (Å²) in [5.74, 6) is -0.529. The molecule has 136 valence electrons. The summed E-state index contributed by atoms with van der Waals surface area (Å²) in [4.78, 5) is 11.9. The van der Waals surface area contributed by atoms with Crippen molar-refractivity contribution in [2.45, 2.75) is 37.1 Å². The normalized spacial score (nSPS) is 25.0. The number of hydrogen-bond acceptors (Lipinski definition) is 5. The molecule has 0 aromatic heterocycles. The summed E-state index contributed by atoms with van der Waals surface area (Å²) < 4.78 is 63.2. The first kappa shape index (κ1) is 20.6. The lowest BCUT2D eigenvalue weighted by Crippen LogP contribution is -2.52. The van der Waals surface area contributed by atoms with Crippen molar-refractivity contribution in [3.63, 3.8) is 0 Å². The Bertz CT molecular complexity index is 679. The van der Waals surface area contributed by atoms with Crippen LogP contribution in [0.4, 0.5) is 13.2 Å².